The van der Waals surface area contributed by atoms with Crippen molar-refractivity contribution in [1.82, 2.24) is 10.6 Å². The van der Waals surface area contributed by atoms with E-state index in [1.807, 2.05) is 18.2 Å². The molecule has 5 heteroatoms. The zero-order valence-corrected chi connectivity index (χ0v) is 11.5. The molecule has 1 fully saturated rings. The second kappa shape index (κ2) is 7.05. The Morgan fingerprint density at radius 2 is 1.95 bits per heavy atom. The highest BCUT2D eigenvalue weighted by Gasteiger charge is 2.28. The van der Waals surface area contributed by atoms with Gasteiger partial charge in [-0.1, -0.05) is 12.1 Å². The summed E-state index contributed by atoms with van der Waals surface area (Å²) in [4.78, 5) is 23.3. The van der Waals surface area contributed by atoms with Gasteiger partial charge in [-0.2, -0.15) is 0 Å². The minimum absolute atomic E-state index is 0.101. The van der Waals surface area contributed by atoms with Crippen LogP contribution >= 0.6 is 0 Å². The van der Waals surface area contributed by atoms with E-state index in [1.165, 1.54) is 0 Å². The summed E-state index contributed by atoms with van der Waals surface area (Å²) in [5, 5.41) is 5.61. The molecule has 20 heavy (non-hydrogen) atoms. The fourth-order valence-electron chi connectivity index (χ4n) is 1.99. The molecule has 2 amide bonds. The smallest absolute Gasteiger partial charge is 0.251 e. The minimum atomic E-state index is -0.121. The molecule has 5 nitrogen and oxygen atoms in total. The van der Waals surface area contributed by atoms with Crippen molar-refractivity contribution in [3.8, 4) is 0 Å². The number of hydrogen-bond acceptors (Lipinski definition) is 3. The second-order valence-corrected chi connectivity index (χ2v) is 5.06. The van der Waals surface area contributed by atoms with Gasteiger partial charge in [0.25, 0.3) is 5.91 Å². The lowest BCUT2D eigenvalue weighted by molar-refractivity contribution is -0.122. The molecule has 1 aliphatic carbocycles. The topological polar surface area (TPSA) is 84.2 Å². The average Bonchev–Trinajstić information content (AvgIpc) is 3.28. The van der Waals surface area contributed by atoms with Gasteiger partial charge in [-0.25, -0.2) is 0 Å². The van der Waals surface area contributed by atoms with Gasteiger partial charge in [0.15, 0.2) is 0 Å². The van der Waals surface area contributed by atoms with E-state index in [9.17, 15) is 9.59 Å². The van der Waals surface area contributed by atoms with E-state index in [0.29, 0.717) is 25.2 Å². The Balaban J connectivity index is 1.73. The summed E-state index contributed by atoms with van der Waals surface area (Å²) in [7, 11) is 0. The molecule has 1 aliphatic rings. The highest BCUT2D eigenvalue weighted by Crippen LogP contribution is 2.28. The van der Waals surface area contributed by atoms with Crippen molar-refractivity contribution in [3.63, 3.8) is 0 Å². The summed E-state index contributed by atoms with van der Waals surface area (Å²) in [5.41, 5.74) is 7.19. The van der Waals surface area contributed by atoms with Crippen LogP contribution in [0.15, 0.2) is 24.3 Å². The summed E-state index contributed by atoms with van der Waals surface area (Å²) in [5.74, 6) is 0.187. The SMILES string of the molecule is NCCc1cccc(C(=O)NCCNC(=O)C2CC2)c1. The van der Waals surface area contributed by atoms with Crippen LogP contribution in [0.25, 0.3) is 0 Å². The zero-order valence-electron chi connectivity index (χ0n) is 11.5. The Morgan fingerprint density at radius 3 is 2.65 bits per heavy atom. The van der Waals surface area contributed by atoms with Crippen LogP contribution in [0.4, 0.5) is 0 Å². The monoisotopic (exact) mass is 275 g/mol. The van der Waals surface area contributed by atoms with Gasteiger partial charge in [-0.15, -0.1) is 0 Å². The van der Waals surface area contributed by atoms with Gasteiger partial charge in [0.1, 0.15) is 0 Å². The van der Waals surface area contributed by atoms with Crippen molar-refractivity contribution in [2.45, 2.75) is 19.3 Å². The molecule has 108 valence electrons. The van der Waals surface area contributed by atoms with Gasteiger partial charge in [0.2, 0.25) is 5.91 Å². The molecule has 0 saturated heterocycles. The van der Waals surface area contributed by atoms with Crippen LogP contribution in [-0.4, -0.2) is 31.4 Å². The van der Waals surface area contributed by atoms with Crippen molar-refractivity contribution < 1.29 is 9.59 Å². The van der Waals surface area contributed by atoms with Gasteiger partial charge in [-0.3, -0.25) is 9.59 Å². The van der Waals surface area contributed by atoms with Crippen LogP contribution in [0.3, 0.4) is 0 Å². The Bertz CT molecular complexity index is 484. The largest absolute Gasteiger partial charge is 0.354 e. The van der Waals surface area contributed by atoms with Crippen molar-refractivity contribution in [2.24, 2.45) is 11.7 Å². The maximum Gasteiger partial charge on any atom is 0.251 e. The summed E-state index contributed by atoms with van der Waals surface area (Å²) < 4.78 is 0. The number of nitrogens with two attached hydrogens (primary N) is 1. The summed E-state index contributed by atoms with van der Waals surface area (Å²) in [6.45, 7) is 1.49. The van der Waals surface area contributed by atoms with E-state index in [-0.39, 0.29) is 17.7 Å². The van der Waals surface area contributed by atoms with Crippen LogP contribution in [0.5, 0.6) is 0 Å². The molecule has 0 unspecified atom stereocenters. The summed E-state index contributed by atoms with van der Waals surface area (Å²) in [6, 6.07) is 7.44. The maximum absolute atomic E-state index is 11.9. The van der Waals surface area contributed by atoms with Crippen molar-refractivity contribution >= 4 is 11.8 Å². The third-order valence-corrected chi connectivity index (χ3v) is 3.28. The quantitative estimate of drug-likeness (QED) is 0.631. The average molecular weight is 275 g/mol. The number of benzene rings is 1. The number of carbonyl (C=O) groups is 2. The predicted molar refractivity (Wildman–Crippen MR) is 77.3 cm³/mol. The van der Waals surface area contributed by atoms with Gasteiger partial charge in [0, 0.05) is 24.6 Å². The third-order valence-electron chi connectivity index (χ3n) is 3.28. The van der Waals surface area contributed by atoms with E-state index in [0.717, 1.165) is 24.8 Å². The van der Waals surface area contributed by atoms with E-state index >= 15 is 0 Å². The fourth-order valence-corrected chi connectivity index (χ4v) is 1.99. The molecule has 1 saturated carbocycles. The maximum atomic E-state index is 11.9. The number of amides is 2. The highest BCUT2D eigenvalue weighted by atomic mass is 16.2. The summed E-state index contributed by atoms with van der Waals surface area (Å²) >= 11 is 0. The van der Waals surface area contributed by atoms with Crippen LogP contribution < -0.4 is 16.4 Å². The Hall–Kier alpha value is -1.88. The van der Waals surface area contributed by atoms with E-state index < -0.39 is 0 Å². The van der Waals surface area contributed by atoms with Gasteiger partial charge < -0.3 is 16.4 Å². The molecule has 0 radical (unpaired) electrons. The molecule has 0 bridgehead atoms. The van der Waals surface area contributed by atoms with Crippen LogP contribution in [0.1, 0.15) is 28.8 Å². The number of nitrogens with one attached hydrogen (secondary N) is 2. The predicted octanol–water partition coefficient (Wildman–Crippen LogP) is 0.444. The Morgan fingerprint density at radius 1 is 1.20 bits per heavy atom. The number of hydrogen-bond donors (Lipinski definition) is 3. The minimum Gasteiger partial charge on any atom is -0.354 e. The molecular weight excluding hydrogens is 254 g/mol. The second-order valence-electron chi connectivity index (χ2n) is 5.06. The number of carbonyl (C=O) groups excluding carboxylic acids is 2. The van der Waals surface area contributed by atoms with E-state index in [1.54, 1.807) is 6.07 Å². The molecule has 2 rings (SSSR count). The zero-order chi connectivity index (χ0) is 14.4. The van der Waals surface area contributed by atoms with Gasteiger partial charge in [0.05, 0.1) is 0 Å². The molecule has 4 N–H and O–H groups in total. The molecule has 0 aliphatic heterocycles. The standard InChI is InChI=1S/C15H21N3O2/c16-7-6-11-2-1-3-13(10-11)15(20)18-9-8-17-14(19)12-4-5-12/h1-3,10,12H,4-9,16H2,(H,17,19)(H,18,20). The van der Waals surface area contributed by atoms with Gasteiger partial charge in [-0.05, 0) is 43.5 Å². The molecular formula is C15H21N3O2. The highest BCUT2D eigenvalue weighted by molar-refractivity contribution is 5.94. The Kier molecular flexibility index (Phi) is 5.12. The first kappa shape index (κ1) is 14.5. The van der Waals surface area contributed by atoms with Crippen molar-refractivity contribution in [3.05, 3.63) is 35.4 Å². The normalized spacial score (nSPS) is 13.8. The van der Waals surface area contributed by atoms with Crippen LogP contribution in [0.2, 0.25) is 0 Å². The molecule has 0 spiro atoms. The van der Waals surface area contributed by atoms with Crippen molar-refractivity contribution in [1.29, 1.82) is 0 Å². The molecule has 1 aromatic carbocycles. The van der Waals surface area contributed by atoms with Crippen LogP contribution in [0, 0.1) is 5.92 Å². The lowest BCUT2D eigenvalue weighted by Crippen LogP contribution is -2.35. The molecule has 0 aromatic heterocycles. The molecule has 1 aromatic rings. The lowest BCUT2D eigenvalue weighted by atomic mass is 10.1. The van der Waals surface area contributed by atoms with Gasteiger partial charge >= 0.3 is 0 Å². The first-order chi connectivity index (χ1) is 9.70. The summed E-state index contributed by atoms with van der Waals surface area (Å²) in [6.07, 6.45) is 2.75. The molecule has 0 atom stereocenters. The number of rotatable bonds is 7. The lowest BCUT2D eigenvalue weighted by Gasteiger charge is -2.08. The third kappa shape index (κ3) is 4.35. The first-order valence-corrected chi connectivity index (χ1v) is 7.05. The molecule has 0 heterocycles. The van der Waals surface area contributed by atoms with Crippen molar-refractivity contribution in [2.75, 3.05) is 19.6 Å². The van der Waals surface area contributed by atoms with Crippen LogP contribution in [-0.2, 0) is 11.2 Å². The fraction of sp³-hybridized carbons (Fsp3) is 0.467. The van der Waals surface area contributed by atoms with E-state index in [4.69, 9.17) is 5.73 Å². The first-order valence-electron chi connectivity index (χ1n) is 7.05. The van der Waals surface area contributed by atoms with E-state index in [2.05, 4.69) is 10.6 Å². The Labute approximate surface area is 118 Å².